The van der Waals surface area contributed by atoms with Crippen LogP contribution in [0.25, 0.3) is 0 Å². The molecule has 0 aliphatic heterocycles. The van der Waals surface area contributed by atoms with E-state index in [-0.39, 0.29) is 24.7 Å². The zero-order valence-electron chi connectivity index (χ0n) is 15.8. The van der Waals surface area contributed by atoms with Gasteiger partial charge in [0.1, 0.15) is 0 Å². The van der Waals surface area contributed by atoms with E-state index >= 15 is 0 Å². The maximum absolute atomic E-state index is 12.2. The zero-order valence-corrected chi connectivity index (χ0v) is 16.6. The molecule has 2 fully saturated rings. The number of thioether (sulfide) groups is 1. The Kier molecular flexibility index (Phi) is 7.01. The Labute approximate surface area is 165 Å². The van der Waals surface area contributed by atoms with E-state index in [9.17, 15) is 9.59 Å². The number of rotatable bonds is 10. The van der Waals surface area contributed by atoms with Crippen LogP contribution in [0.1, 0.15) is 38.2 Å². The van der Waals surface area contributed by atoms with E-state index < -0.39 is 5.97 Å². The predicted octanol–water partition coefficient (Wildman–Crippen LogP) is 3.39. The smallest absolute Gasteiger partial charge is 0.319 e. The second-order valence-corrected chi connectivity index (χ2v) is 8.80. The van der Waals surface area contributed by atoms with Gasteiger partial charge in [-0.25, -0.2) is 4.79 Å². The van der Waals surface area contributed by atoms with Crippen LogP contribution in [0.3, 0.4) is 0 Å². The molecule has 0 heterocycles. The molecule has 0 unspecified atom stereocenters. The first kappa shape index (κ1) is 20.0. The van der Waals surface area contributed by atoms with Crippen molar-refractivity contribution in [3.8, 4) is 0 Å². The number of carboxylic acids is 1. The topological polar surface area (TPSA) is 81.7 Å². The molecule has 2 saturated carbocycles. The van der Waals surface area contributed by atoms with Crippen LogP contribution in [0.4, 0.5) is 10.5 Å². The second kappa shape index (κ2) is 9.46. The second-order valence-electron chi connectivity index (χ2n) is 7.52. The molecule has 0 spiro atoms. The Bertz CT molecular complexity index is 642. The molecule has 3 rings (SSSR count). The minimum Gasteiger partial charge on any atom is -0.480 e. The Hall–Kier alpha value is -1.73. The number of amides is 2. The van der Waals surface area contributed by atoms with Gasteiger partial charge in [0.15, 0.2) is 0 Å². The Morgan fingerprint density at radius 3 is 2.52 bits per heavy atom. The summed E-state index contributed by atoms with van der Waals surface area (Å²) < 4.78 is 0. The number of carbonyl (C=O) groups is 2. The molecular formula is C20H29N3O3S. The lowest BCUT2D eigenvalue weighted by Crippen LogP contribution is -2.55. The van der Waals surface area contributed by atoms with Crippen LogP contribution in [-0.2, 0) is 10.5 Å². The van der Waals surface area contributed by atoms with Crippen molar-refractivity contribution in [2.75, 3.05) is 24.2 Å². The zero-order chi connectivity index (χ0) is 19.2. The number of carbonyl (C=O) groups excluding carboxylic acids is 1. The SMILES string of the molecule is CCSCc1ccc(NC(=O)NC2CC(N(CC(=O)O)CC3CC3)C2)cc1. The van der Waals surface area contributed by atoms with Gasteiger partial charge in [0.05, 0.1) is 6.54 Å². The van der Waals surface area contributed by atoms with Gasteiger partial charge in [-0.15, -0.1) is 0 Å². The van der Waals surface area contributed by atoms with Gasteiger partial charge in [-0.3, -0.25) is 9.69 Å². The number of benzene rings is 1. The number of urea groups is 1. The van der Waals surface area contributed by atoms with E-state index in [1.54, 1.807) is 0 Å². The van der Waals surface area contributed by atoms with E-state index in [0.29, 0.717) is 5.92 Å². The van der Waals surface area contributed by atoms with Gasteiger partial charge in [0.25, 0.3) is 0 Å². The molecule has 1 aromatic carbocycles. The standard InChI is InChI=1S/C20H29N3O3S/c1-2-27-13-15-5-7-16(8-6-15)21-20(26)22-17-9-18(10-17)23(12-19(24)25)11-14-3-4-14/h5-8,14,17-18H,2-4,9-13H2,1H3,(H,24,25)(H2,21,22,26). The highest BCUT2D eigenvalue weighted by molar-refractivity contribution is 7.98. The summed E-state index contributed by atoms with van der Waals surface area (Å²) in [4.78, 5) is 25.3. The molecule has 0 aromatic heterocycles. The van der Waals surface area contributed by atoms with Crippen LogP contribution in [0.15, 0.2) is 24.3 Å². The van der Waals surface area contributed by atoms with Crippen LogP contribution >= 0.6 is 11.8 Å². The van der Waals surface area contributed by atoms with Gasteiger partial charge < -0.3 is 15.7 Å². The molecule has 1 aromatic rings. The summed E-state index contributed by atoms with van der Waals surface area (Å²) in [5, 5.41) is 15.0. The van der Waals surface area contributed by atoms with Crippen LogP contribution in [0.2, 0.25) is 0 Å². The van der Waals surface area contributed by atoms with Crippen molar-refractivity contribution in [3.05, 3.63) is 29.8 Å². The molecule has 2 aliphatic carbocycles. The molecule has 27 heavy (non-hydrogen) atoms. The van der Waals surface area contributed by atoms with E-state index in [0.717, 1.165) is 36.6 Å². The maximum Gasteiger partial charge on any atom is 0.319 e. The minimum atomic E-state index is -0.773. The van der Waals surface area contributed by atoms with E-state index in [2.05, 4.69) is 22.5 Å². The van der Waals surface area contributed by atoms with Crippen molar-refractivity contribution in [1.82, 2.24) is 10.2 Å². The van der Waals surface area contributed by atoms with Crippen molar-refractivity contribution in [3.63, 3.8) is 0 Å². The average Bonchev–Trinajstić information content (AvgIpc) is 3.40. The van der Waals surface area contributed by atoms with Gasteiger partial charge in [0, 0.05) is 30.1 Å². The summed E-state index contributed by atoms with van der Waals surface area (Å²) in [6, 6.07) is 8.13. The van der Waals surface area contributed by atoms with Crippen molar-refractivity contribution < 1.29 is 14.7 Å². The molecule has 2 amide bonds. The Morgan fingerprint density at radius 2 is 1.93 bits per heavy atom. The third kappa shape index (κ3) is 6.43. The van der Waals surface area contributed by atoms with E-state index in [4.69, 9.17) is 5.11 Å². The molecule has 2 aliphatic rings. The number of aliphatic carboxylic acids is 1. The lowest BCUT2D eigenvalue weighted by atomic mass is 9.85. The molecule has 148 valence electrons. The fourth-order valence-corrected chi connectivity index (χ4v) is 4.04. The monoisotopic (exact) mass is 391 g/mol. The number of hydrogen-bond donors (Lipinski definition) is 3. The largest absolute Gasteiger partial charge is 0.480 e. The normalized spacial score (nSPS) is 21.6. The molecule has 7 heteroatoms. The fourth-order valence-electron chi connectivity index (χ4n) is 3.41. The molecular weight excluding hydrogens is 362 g/mol. The lowest BCUT2D eigenvalue weighted by molar-refractivity contribution is -0.139. The van der Waals surface area contributed by atoms with Crippen molar-refractivity contribution in [2.45, 2.75) is 50.4 Å². The van der Waals surface area contributed by atoms with E-state index in [1.165, 1.54) is 18.4 Å². The summed E-state index contributed by atoms with van der Waals surface area (Å²) in [7, 11) is 0. The average molecular weight is 392 g/mol. The first-order valence-electron chi connectivity index (χ1n) is 9.73. The fraction of sp³-hybridized carbons (Fsp3) is 0.600. The van der Waals surface area contributed by atoms with Crippen LogP contribution < -0.4 is 10.6 Å². The van der Waals surface area contributed by atoms with Crippen LogP contribution in [-0.4, -0.2) is 52.9 Å². The first-order chi connectivity index (χ1) is 13.0. The molecule has 0 bridgehead atoms. The summed E-state index contributed by atoms with van der Waals surface area (Å²) in [6.07, 6.45) is 4.06. The highest BCUT2D eigenvalue weighted by Gasteiger charge is 2.37. The molecule has 6 nitrogen and oxygen atoms in total. The third-order valence-corrected chi connectivity index (χ3v) is 6.12. The summed E-state index contributed by atoms with van der Waals surface area (Å²) in [5.74, 6) is 1.97. The Morgan fingerprint density at radius 1 is 1.22 bits per heavy atom. The summed E-state index contributed by atoms with van der Waals surface area (Å²) in [5.41, 5.74) is 2.04. The maximum atomic E-state index is 12.2. The molecule has 0 saturated heterocycles. The Balaban J connectivity index is 1.39. The molecule has 0 atom stereocenters. The highest BCUT2D eigenvalue weighted by atomic mass is 32.2. The van der Waals surface area contributed by atoms with Crippen LogP contribution in [0.5, 0.6) is 0 Å². The van der Waals surface area contributed by atoms with Gasteiger partial charge in [-0.05, 0) is 55.1 Å². The van der Waals surface area contributed by atoms with Crippen molar-refractivity contribution in [2.24, 2.45) is 5.92 Å². The van der Waals surface area contributed by atoms with Crippen molar-refractivity contribution in [1.29, 1.82) is 0 Å². The van der Waals surface area contributed by atoms with Crippen LogP contribution in [0, 0.1) is 5.92 Å². The molecule has 3 N–H and O–H groups in total. The predicted molar refractivity (Wildman–Crippen MR) is 109 cm³/mol. The number of anilines is 1. The lowest BCUT2D eigenvalue weighted by Gasteiger charge is -2.42. The minimum absolute atomic E-state index is 0.0999. The van der Waals surface area contributed by atoms with Crippen molar-refractivity contribution >= 4 is 29.4 Å². The van der Waals surface area contributed by atoms with Gasteiger partial charge in [-0.2, -0.15) is 11.8 Å². The number of nitrogens with zero attached hydrogens (tertiary/aromatic N) is 1. The van der Waals surface area contributed by atoms with Gasteiger partial charge >= 0.3 is 12.0 Å². The highest BCUT2D eigenvalue weighted by Crippen LogP contribution is 2.33. The van der Waals surface area contributed by atoms with Gasteiger partial charge in [-0.1, -0.05) is 19.1 Å². The van der Waals surface area contributed by atoms with Gasteiger partial charge in [0.2, 0.25) is 0 Å². The van der Waals surface area contributed by atoms with E-state index in [1.807, 2.05) is 36.0 Å². The quantitative estimate of drug-likeness (QED) is 0.570. The summed E-state index contributed by atoms with van der Waals surface area (Å²) >= 11 is 1.87. The number of nitrogens with one attached hydrogen (secondary N) is 2. The summed E-state index contributed by atoms with van der Waals surface area (Å²) in [6.45, 7) is 3.12. The first-order valence-corrected chi connectivity index (χ1v) is 10.9. The molecule has 0 radical (unpaired) electrons. The third-order valence-electron chi connectivity index (χ3n) is 5.18. The number of hydrogen-bond acceptors (Lipinski definition) is 4. The number of carboxylic acid groups (broad SMARTS) is 1.